The number of ether oxygens (including phenoxy) is 1. The van der Waals surface area contributed by atoms with E-state index in [-0.39, 0.29) is 5.56 Å². The average Bonchev–Trinajstić information content (AvgIpc) is 2.17. The number of esters is 1. The highest BCUT2D eigenvalue weighted by Gasteiger charge is 2.11. The van der Waals surface area contributed by atoms with Crippen LogP contribution in [0.3, 0.4) is 0 Å². The Balaban J connectivity index is 3.11. The first kappa shape index (κ1) is 9.51. The molecule has 0 heterocycles. The van der Waals surface area contributed by atoms with Crippen LogP contribution in [0.25, 0.3) is 0 Å². The van der Waals surface area contributed by atoms with E-state index >= 15 is 0 Å². The molecule has 70 valence electrons. The SMILES string of the molecule is CNc1ccc(F)c(C(=O)OC)c1. The highest BCUT2D eigenvalue weighted by molar-refractivity contribution is 5.90. The van der Waals surface area contributed by atoms with Crippen LogP contribution in [0.4, 0.5) is 10.1 Å². The van der Waals surface area contributed by atoms with Gasteiger partial charge in [-0.2, -0.15) is 0 Å². The lowest BCUT2D eigenvalue weighted by Crippen LogP contribution is -2.05. The topological polar surface area (TPSA) is 38.3 Å². The minimum atomic E-state index is -0.672. The standard InChI is InChI=1S/C9H10FNO2/c1-11-6-3-4-8(10)7(5-6)9(12)13-2/h3-5,11H,1-2H3. The van der Waals surface area contributed by atoms with Gasteiger partial charge in [0.15, 0.2) is 0 Å². The Bertz CT molecular complexity index is 325. The van der Waals surface area contributed by atoms with Gasteiger partial charge in [-0.05, 0) is 18.2 Å². The van der Waals surface area contributed by atoms with Crippen molar-refractivity contribution in [2.24, 2.45) is 0 Å². The summed E-state index contributed by atoms with van der Waals surface area (Å²) in [6.45, 7) is 0. The van der Waals surface area contributed by atoms with Gasteiger partial charge in [0.1, 0.15) is 5.82 Å². The number of nitrogens with one attached hydrogen (secondary N) is 1. The summed E-state index contributed by atoms with van der Waals surface area (Å²) in [7, 11) is 2.90. The quantitative estimate of drug-likeness (QED) is 0.708. The van der Waals surface area contributed by atoms with Crippen LogP contribution in [0.15, 0.2) is 18.2 Å². The Hall–Kier alpha value is -1.58. The zero-order valence-electron chi connectivity index (χ0n) is 7.43. The second-order valence-electron chi connectivity index (χ2n) is 2.44. The maximum Gasteiger partial charge on any atom is 0.340 e. The molecule has 1 rings (SSSR count). The number of carbonyl (C=O) groups excluding carboxylic acids is 1. The molecule has 1 aromatic carbocycles. The van der Waals surface area contributed by atoms with Gasteiger partial charge in [0, 0.05) is 12.7 Å². The molecule has 0 atom stereocenters. The first-order valence-electron chi connectivity index (χ1n) is 3.74. The summed E-state index contributed by atoms with van der Waals surface area (Å²) in [6, 6.07) is 4.17. The van der Waals surface area contributed by atoms with Gasteiger partial charge < -0.3 is 10.1 Å². The van der Waals surface area contributed by atoms with Crippen molar-refractivity contribution in [2.45, 2.75) is 0 Å². The third kappa shape index (κ3) is 1.96. The third-order valence-electron chi connectivity index (χ3n) is 1.66. The third-order valence-corrected chi connectivity index (χ3v) is 1.66. The Labute approximate surface area is 75.5 Å². The summed E-state index contributed by atoms with van der Waals surface area (Å²) in [5, 5.41) is 2.80. The summed E-state index contributed by atoms with van der Waals surface area (Å²) >= 11 is 0. The molecule has 1 aromatic rings. The molecule has 0 aliphatic heterocycles. The molecule has 3 nitrogen and oxygen atoms in total. The number of benzene rings is 1. The highest BCUT2D eigenvalue weighted by Crippen LogP contribution is 2.14. The fourth-order valence-electron chi connectivity index (χ4n) is 0.947. The molecule has 0 aliphatic carbocycles. The first-order chi connectivity index (χ1) is 6.19. The molecule has 0 bridgehead atoms. The van der Waals surface area contributed by atoms with Gasteiger partial charge in [-0.25, -0.2) is 9.18 Å². The van der Waals surface area contributed by atoms with Crippen LogP contribution in [0.2, 0.25) is 0 Å². The van der Waals surface area contributed by atoms with Gasteiger partial charge in [-0.3, -0.25) is 0 Å². The molecule has 0 saturated heterocycles. The average molecular weight is 183 g/mol. The molecule has 0 aliphatic rings. The Morgan fingerprint density at radius 1 is 1.54 bits per heavy atom. The molecule has 0 saturated carbocycles. The van der Waals surface area contributed by atoms with E-state index in [1.165, 1.54) is 19.2 Å². The monoisotopic (exact) mass is 183 g/mol. The molecule has 13 heavy (non-hydrogen) atoms. The number of anilines is 1. The van der Waals surface area contributed by atoms with E-state index in [2.05, 4.69) is 10.1 Å². The van der Waals surface area contributed by atoms with Crippen LogP contribution in [0, 0.1) is 5.82 Å². The van der Waals surface area contributed by atoms with E-state index < -0.39 is 11.8 Å². The molecule has 4 heteroatoms. The second-order valence-corrected chi connectivity index (χ2v) is 2.44. The van der Waals surface area contributed by atoms with Gasteiger partial charge in [0.05, 0.1) is 12.7 Å². The van der Waals surface area contributed by atoms with Crippen molar-refractivity contribution in [1.29, 1.82) is 0 Å². The molecule has 0 unspecified atom stereocenters. The van der Waals surface area contributed by atoms with Crippen molar-refractivity contribution < 1.29 is 13.9 Å². The predicted molar refractivity (Wildman–Crippen MR) is 47.3 cm³/mol. The summed E-state index contributed by atoms with van der Waals surface area (Å²) < 4.78 is 17.4. The van der Waals surface area contributed by atoms with Crippen LogP contribution in [-0.4, -0.2) is 20.1 Å². The fourth-order valence-corrected chi connectivity index (χ4v) is 0.947. The lowest BCUT2D eigenvalue weighted by molar-refractivity contribution is 0.0595. The summed E-state index contributed by atoms with van der Waals surface area (Å²) in [6.07, 6.45) is 0. The van der Waals surface area contributed by atoms with Crippen LogP contribution in [0.1, 0.15) is 10.4 Å². The van der Waals surface area contributed by atoms with E-state index in [9.17, 15) is 9.18 Å². The number of carbonyl (C=O) groups is 1. The number of halogens is 1. The van der Waals surface area contributed by atoms with E-state index in [4.69, 9.17) is 0 Å². The van der Waals surface area contributed by atoms with Crippen LogP contribution in [-0.2, 0) is 4.74 Å². The molecule has 0 aromatic heterocycles. The first-order valence-corrected chi connectivity index (χ1v) is 3.74. The molecular formula is C9H10FNO2. The maximum atomic E-state index is 13.0. The molecule has 0 fully saturated rings. The fraction of sp³-hybridized carbons (Fsp3) is 0.222. The summed E-state index contributed by atoms with van der Waals surface area (Å²) in [4.78, 5) is 11.0. The number of methoxy groups -OCH3 is 1. The normalized spacial score (nSPS) is 9.46. The number of hydrogen-bond donors (Lipinski definition) is 1. The Morgan fingerprint density at radius 2 is 2.23 bits per heavy atom. The van der Waals surface area contributed by atoms with Gasteiger partial charge in [0.25, 0.3) is 0 Å². The molecular weight excluding hydrogens is 173 g/mol. The van der Waals surface area contributed by atoms with Crippen molar-refractivity contribution in [3.05, 3.63) is 29.6 Å². The minimum absolute atomic E-state index is 0.0608. The zero-order valence-corrected chi connectivity index (χ0v) is 7.43. The van der Waals surface area contributed by atoms with Gasteiger partial charge in [0.2, 0.25) is 0 Å². The van der Waals surface area contributed by atoms with Crippen molar-refractivity contribution in [3.8, 4) is 0 Å². The second kappa shape index (κ2) is 3.89. The van der Waals surface area contributed by atoms with Crippen molar-refractivity contribution in [2.75, 3.05) is 19.5 Å². The van der Waals surface area contributed by atoms with Crippen molar-refractivity contribution in [3.63, 3.8) is 0 Å². The number of rotatable bonds is 2. The smallest absolute Gasteiger partial charge is 0.340 e. The van der Waals surface area contributed by atoms with Crippen LogP contribution < -0.4 is 5.32 Å². The van der Waals surface area contributed by atoms with Crippen LogP contribution in [0.5, 0.6) is 0 Å². The molecule has 0 amide bonds. The highest BCUT2D eigenvalue weighted by atomic mass is 19.1. The molecule has 1 N–H and O–H groups in total. The Morgan fingerprint density at radius 3 is 2.77 bits per heavy atom. The summed E-state index contributed by atoms with van der Waals surface area (Å²) in [5.41, 5.74) is 0.608. The van der Waals surface area contributed by atoms with Gasteiger partial charge in [-0.15, -0.1) is 0 Å². The Kier molecular flexibility index (Phi) is 2.84. The van der Waals surface area contributed by atoms with E-state index in [0.717, 1.165) is 0 Å². The molecule has 0 radical (unpaired) electrons. The van der Waals surface area contributed by atoms with Gasteiger partial charge in [-0.1, -0.05) is 0 Å². The maximum absolute atomic E-state index is 13.0. The number of hydrogen-bond acceptors (Lipinski definition) is 3. The van der Waals surface area contributed by atoms with E-state index in [1.807, 2.05) is 0 Å². The zero-order chi connectivity index (χ0) is 9.84. The minimum Gasteiger partial charge on any atom is -0.465 e. The lowest BCUT2D eigenvalue weighted by Gasteiger charge is -2.04. The van der Waals surface area contributed by atoms with E-state index in [0.29, 0.717) is 5.69 Å². The predicted octanol–water partition coefficient (Wildman–Crippen LogP) is 1.65. The van der Waals surface area contributed by atoms with E-state index in [1.54, 1.807) is 13.1 Å². The lowest BCUT2D eigenvalue weighted by atomic mass is 10.2. The molecule has 0 spiro atoms. The van der Waals surface area contributed by atoms with Crippen molar-refractivity contribution in [1.82, 2.24) is 0 Å². The van der Waals surface area contributed by atoms with Crippen molar-refractivity contribution >= 4 is 11.7 Å². The van der Waals surface area contributed by atoms with Crippen LogP contribution >= 0.6 is 0 Å². The largest absolute Gasteiger partial charge is 0.465 e. The summed E-state index contributed by atoms with van der Waals surface area (Å²) in [5.74, 6) is -1.25. The van der Waals surface area contributed by atoms with Gasteiger partial charge >= 0.3 is 5.97 Å².